The Labute approximate surface area is 147 Å². The highest BCUT2D eigenvalue weighted by Gasteiger charge is 2.13. The standard InChI is InChI=1S/C22H25N2/c1-16(2)13-20-10-9-19(15-23-20)18-11-12-24(4)22(14-18)21-8-6-5-7-17(21)3/h5-12,14-16H,13H2,1-4H3/q+1/i13D2. The molecule has 0 amide bonds. The third-order valence-electron chi connectivity index (χ3n) is 4.10. The molecule has 24 heavy (non-hydrogen) atoms. The molecule has 0 saturated heterocycles. The molecule has 3 rings (SSSR count). The van der Waals surface area contributed by atoms with Crippen molar-refractivity contribution in [2.24, 2.45) is 13.0 Å². The van der Waals surface area contributed by atoms with Crippen LogP contribution in [0.3, 0.4) is 0 Å². The van der Waals surface area contributed by atoms with Gasteiger partial charge in [-0.15, -0.1) is 0 Å². The molecule has 0 radical (unpaired) electrons. The minimum Gasteiger partial charge on any atom is -0.261 e. The monoisotopic (exact) mass is 319 g/mol. The first kappa shape index (κ1) is 13.9. The molecular formula is C22H25N2+. The van der Waals surface area contributed by atoms with E-state index in [1.807, 2.05) is 33.0 Å². The largest absolute Gasteiger partial charge is 0.261 e. The molecular weight excluding hydrogens is 292 g/mol. The lowest BCUT2D eigenvalue weighted by molar-refractivity contribution is -0.660. The zero-order valence-corrected chi connectivity index (χ0v) is 14.7. The summed E-state index contributed by atoms with van der Waals surface area (Å²) in [6, 6.07) is 16.3. The number of hydrogen-bond donors (Lipinski definition) is 0. The normalized spacial score (nSPS) is 12.9. The predicted molar refractivity (Wildman–Crippen MR) is 99.6 cm³/mol. The summed E-state index contributed by atoms with van der Waals surface area (Å²) in [5.74, 6) is -0.121. The number of aryl methyl sites for hydroxylation is 2. The van der Waals surface area contributed by atoms with Gasteiger partial charge in [-0.25, -0.2) is 4.57 Å². The Morgan fingerprint density at radius 1 is 1.08 bits per heavy atom. The van der Waals surface area contributed by atoms with Gasteiger partial charge in [-0.3, -0.25) is 4.98 Å². The zero-order chi connectivity index (χ0) is 18.9. The van der Waals surface area contributed by atoms with Crippen LogP contribution in [0.2, 0.25) is 0 Å². The Morgan fingerprint density at radius 3 is 2.54 bits per heavy atom. The molecule has 0 fully saturated rings. The number of nitrogens with zero attached hydrogens (tertiary/aromatic N) is 2. The highest BCUT2D eigenvalue weighted by Crippen LogP contribution is 2.25. The van der Waals surface area contributed by atoms with E-state index in [0.29, 0.717) is 5.69 Å². The average molecular weight is 319 g/mol. The van der Waals surface area contributed by atoms with Crippen LogP contribution in [0.5, 0.6) is 0 Å². The molecule has 2 aromatic heterocycles. The minimum absolute atomic E-state index is 0.121. The van der Waals surface area contributed by atoms with Crippen LogP contribution >= 0.6 is 0 Å². The summed E-state index contributed by atoms with van der Waals surface area (Å²) in [5, 5.41) is 0. The topological polar surface area (TPSA) is 16.8 Å². The molecule has 0 spiro atoms. The van der Waals surface area contributed by atoms with E-state index < -0.39 is 6.37 Å². The average Bonchev–Trinajstić information content (AvgIpc) is 2.63. The maximum absolute atomic E-state index is 8.20. The molecule has 122 valence electrons. The molecule has 2 nitrogen and oxygen atoms in total. The van der Waals surface area contributed by atoms with Gasteiger partial charge in [-0.1, -0.05) is 38.1 Å². The van der Waals surface area contributed by atoms with E-state index in [2.05, 4.69) is 53.0 Å². The lowest BCUT2D eigenvalue weighted by Crippen LogP contribution is -2.30. The van der Waals surface area contributed by atoms with Crippen molar-refractivity contribution in [3.05, 3.63) is 72.2 Å². The summed E-state index contributed by atoms with van der Waals surface area (Å²) in [5.41, 5.74) is 6.13. The van der Waals surface area contributed by atoms with Gasteiger partial charge >= 0.3 is 0 Å². The zero-order valence-electron chi connectivity index (χ0n) is 16.7. The Balaban J connectivity index is 2.01. The fraction of sp³-hybridized carbons (Fsp3) is 0.273. The molecule has 0 aliphatic heterocycles. The van der Waals surface area contributed by atoms with Gasteiger partial charge in [0, 0.05) is 37.9 Å². The second-order valence-corrected chi connectivity index (χ2v) is 6.46. The molecule has 3 aromatic rings. The molecule has 2 heterocycles. The summed E-state index contributed by atoms with van der Waals surface area (Å²) in [6.45, 7) is 5.87. The van der Waals surface area contributed by atoms with Crippen LogP contribution in [-0.4, -0.2) is 4.98 Å². The van der Waals surface area contributed by atoms with Crippen LogP contribution in [0.15, 0.2) is 60.9 Å². The minimum atomic E-state index is -1.42. The van der Waals surface area contributed by atoms with Crippen LogP contribution in [0.25, 0.3) is 22.4 Å². The van der Waals surface area contributed by atoms with E-state index in [1.165, 1.54) is 11.1 Å². The smallest absolute Gasteiger partial charge is 0.213 e. The van der Waals surface area contributed by atoms with Crippen molar-refractivity contribution in [1.82, 2.24) is 4.98 Å². The van der Waals surface area contributed by atoms with Crippen LogP contribution in [0.1, 0.15) is 27.8 Å². The van der Waals surface area contributed by atoms with Gasteiger partial charge in [0.25, 0.3) is 0 Å². The fourth-order valence-corrected chi connectivity index (χ4v) is 2.82. The van der Waals surface area contributed by atoms with E-state index in [9.17, 15) is 0 Å². The SMILES string of the molecule is [2H]C([2H])(c1ccc(-c2cc[n+](C)c(-c3ccccc3C)c2)cn1)C(C)C. The first-order valence-corrected chi connectivity index (χ1v) is 8.33. The number of rotatable bonds is 4. The van der Waals surface area contributed by atoms with Gasteiger partial charge in [0.15, 0.2) is 6.20 Å². The van der Waals surface area contributed by atoms with Gasteiger partial charge in [0.2, 0.25) is 5.69 Å². The molecule has 0 saturated carbocycles. The van der Waals surface area contributed by atoms with Crippen molar-refractivity contribution in [2.45, 2.75) is 27.1 Å². The number of aromatic nitrogens is 2. The fourth-order valence-electron chi connectivity index (χ4n) is 2.82. The Morgan fingerprint density at radius 2 is 1.88 bits per heavy atom. The van der Waals surface area contributed by atoms with Crippen LogP contribution in [-0.2, 0) is 13.4 Å². The molecule has 0 unspecified atom stereocenters. The summed E-state index contributed by atoms with van der Waals surface area (Å²) < 4.78 is 18.5. The predicted octanol–water partition coefficient (Wildman–Crippen LogP) is 4.75. The van der Waals surface area contributed by atoms with Gasteiger partial charge < -0.3 is 0 Å². The van der Waals surface area contributed by atoms with Crippen molar-refractivity contribution in [2.75, 3.05) is 0 Å². The molecule has 1 aromatic carbocycles. The molecule has 0 aliphatic rings. The van der Waals surface area contributed by atoms with Crippen LogP contribution in [0.4, 0.5) is 0 Å². The Kier molecular flexibility index (Phi) is 4.03. The van der Waals surface area contributed by atoms with Crippen LogP contribution < -0.4 is 4.57 Å². The third kappa shape index (κ3) is 3.53. The van der Waals surface area contributed by atoms with Gasteiger partial charge in [0.1, 0.15) is 7.05 Å². The summed E-state index contributed by atoms with van der Waals surface area (Å²) in [4.78, 5) is 4.41. The lowest BCUT2D eigenvalue weighted by Gasteiger charge is -2.08. The van der Waals surface area contributed by atoms with E-state index in [0.717, 1.165) is 16.8 Å². The van der Waals surface area contributed by atoms with Crippen molar-refractivity contribution < 1.29 is 7.31 Å². The van der Waals surface area contributed by atoms with Crippen molar-refractivity contribution >= 4 is 0 Å². The maximum Gasteiger partial charge on any atom is 0.213 e. The van der Waals surface area contributed by atoms with E-state index in [-0.39, 0.29) is 5.92 Å². The summed E-state index contributed by atoms with van der Waals surface area (Å²) >= 11 is 0. The molecule has 0 aliphatic carbocycles. The van der Waals surface area contributed by atoms with E-state index in [4.69, 9.17) is 2.74 Å². The Hall–Kier alpha value is -2.48. The maximum atomic E-state index is 8.20. The van der Waals surface area contributed by atoms with Gasteiger partial charge in [0.05, 0.1) is 0 Å². The lowest BCUT2D eigenvalue weighted by atomic mass is 10.0. The highest BCUT2D eigenvalue weighted by atomic mass is 14.9. The van der Waals surface area contributed by atoms with Gasteiger partial charge in [-0.05, 0) is 42.5 Å². The van der Waals surface area contributed by atoms with Crippen molar-refractivity contribution in [3.8, 4) is 22.4 Å². The highest BCUT2D eigenvalue weighted by molar-refractivity contribution is 5.69. The second kappa shape index (κ2) is 6.96. The molecule has 0 atom stereocenters. The molecule has 2 heteroatoms. The second-order valence-electron chi connectivity index (χ2n) is 6.46. The third-order valence-corrected chi connectivity index (χ3v) is 4.10. The molecule has 0 bridgehead atoms. The number of hydrogen-bond acceptors (Lipinski definition) is 1. The first-order chi connectivity index (χ1) is 12.3. The quantitative estimate of drug-likeness (QED) is 0.634. The van der Waals surface area contributed by atoms with E-state index in [1.54, 1.807) is 12.3 Å². The number of pyridine rings is 2. The van der Waals surface area contributed by atoms with Crippen LogP contribution in [0, 0.1) is 12.8 Å². The van der Waals surface area contributed by atoms with Gasteiger partial charge in [-0.2, -0.15) is 0 Å². The Bertz CT molecular complexity index is 916. The van der Waals surface area contributed by atoms with Crippen molar-refractivity contribution in [3.63, 3.8) is 0 Å². The first-order valence-electron chi connectivity index (χ1n) is 9.33. The summed E-state index contributed by atoms with van der Waals surface area (Å²) in [6.07, 6.45) is 2.40. The summed E-state index contributed by atoms with van der Waals surface area (Å²) in [7, 11) is 2.05. The number of benzene rings is 1. The molecule has 0 N–H and O–H groups in total. The van der Waals surface area contributed by atoms with E-state index >= 15 is 0 Å². The van der Waals surface area contributed by atoms with Crippen molar-refractivity contribution in [1.29, 1.82) is 0 Å².